The number of allylic oxidation sites excluding steroid dienone is 4. The maximum Gasteiger partial charge on any atom is 0.0543 e. The third-order valence-electron chi connectivity index (χ3n) is 7.29. The lowest BCUT2D eigenvalue weighted by molar-refractivity contribution is -0.0390. The van der Waals surface area contributed by atoms with Crippen LogP contribution in [0.25, 0.3) is 0 Å². The van der Waals surface area contributed by atoms with Crippen LogP contribution in [0.3, 0.4) is 0 Å². The van der Waals surface area contributed by atoms with Crippen LogP contribution < -0.4 is 0 Å². The molecular formula is C23H39NO. The first-order chi connectivity index (χ1) is 11.7. The van der Waals surface area contributed by atoms with Crippen molar-refractivity contribution in [3.05, 3.63) is 23.3 Å². The van der Waals surface area contributed by atoms with Gasteiger partial charge in [-0.05, 0) is 88.4 Å². The minimum absolute atomic E-state index is 0.473. The standard InChI is InChI=1S/C23H39NO/c1-17(9-7-10-19(3)24-25)11-13-20-18(2)12-14-21-22(4,5)15-8-16-23(20,21)6/h9,12,20-21,25H,7-8,10-11,13-16H2,1-6H3/b17-9+,24-19+/t20?,21?,23-/m1/s1. The largest absolute Gasteiger partial charge is 0.411 e. The molecule has 0 aromatic carbocycles. The van der Waals surface area contributed by atoms with E-state index in [1.54, 1.807) is 5.57 Å². The summed E-state index contributed by atoms with van der Waals surface area (Å²) >= 11 is 0. The number of rotatable bonds is 6. The van der Waals surface area contributed by atoms with Gasteiger partial charge in [-0.2, -0.15) is 0 Å². The molecule has 0 aromatic heterocycles. The second-order valence-electron chi connectivity index (χ2n) is 9.60. The molecule has 1 fully saturated rings. The molecule has 2 aliphatic rings. The zero-order valence-corrected chi connectivity index (χ0v) is 17.4. The van der Waals surface area contributed by atoms with Crippen LogP contribution in [0.5, 0.6) is 0 Å². The Balaban J connectivity index is 2.03. The van der Waals surface area contributed by atoms with Crippen molar-refractivity contribution < 1.29 is 5.21 Å². The third kappa shape index (κ3) is 4.57. The first-order valence-corrected chi connectivity index (χ1v) is 10.2. The smallest absolute Gasteiger partial charge is 0.0543 e. The van der Waals surface area contributed by atoms with Crippen molar-refractivity contribution in [1.82, 2.24) is 0 Å². The zero-order chi connectivity index (χ0) is 18.7. The molecule has 142 valence electrons. The second-order valence-corrected chi connectivity index (χ2v) is 9.60. The van der Waals surface area contributed by atoms with Gasteiger partial charge in [0.25, 0.3) is 0 Å². The van der Waals surface area contributed by atoms with Gasteiger partial charge in [-0.1, -0.05) is 55.6 Å². The average molecular weight is 346 g/mol. The van der Waals surface area contributed by atoms with E-state index in [0.29, 0.717) is 10.8 Å². The summed E-state index contributed by atoms with van der Waals surface area (Å²) in [6, 6.07) is 0. The monoisotopic (exact) mass is 345 g/mol. The van der Waals surface area contributed by atoms with Gasteiger partial charge < -0.3 is 5.21 Å². The van der Waals surface area contributed by atoms with Gasteiger partial charge in [-0.15, -0.1) is 0 Å². The van der Waals surface area contributed by atoms with Gasteiger partial charge >= 0.3 is 0 Å². The molecule has 25 heavy (non-hydrogen) atoms. The zero-order valence-electron chi connectivity index (χ0n) is 17.4. The Hall–Kier alpha value is -1.05. The van der Waals surface area contributed by atoms with Crippen LogP contribution in [0.2, 0.25) is 0 Å². The van der Waals surface area contributed by atoms with Crippen LogP contribution in [0.1, 0.15) is 92.9 Å². The maximum atomic E-state index is 8.74. The van der Waals surface area contributed by atoms with E-state index in [4.69, 9.17) is 5.21 Å². The van der Waals surface area contributed by atoms with Crippen LogP contribution in [0.4, 0.5) is 0 Å². The van der Waals surface area contributed by atoms with E-state index in [0.717, 1.165) is 30.4 Å². The second kappa shape index (κ2) is 8.10. The quantitative estimate of drug-likeness (QED) is 0.236. The summed E-state index contributed by atoms with van der Waals surface area (Å²) in [4.78, 5) is 0. The van der Waals surface area contributed by atoms with Gasteiger partial charge in [0.05, 0.1) is 5.71 Å². The van der Waals surface area contributed by atoms with Crippen molar-refractivity contribution in [1.29, 1.82) is 0 Å². The fourth-order valence-electron chi connectivity index (χ4n) is 5.75. The first-order valence-electron chi connectivity index (χ1n) is 10.2. The number of oxime groups is 1. The lowest BCUT2D eigenvalue weighted by atomic mass is 9.48. The highest BCUT2D eigenvalue weighted by atomic mass is 16.4. The molecule has 0 bridgehead atoms. The van der Waals surface area contributed by atoms with Gasteiger partial charge in [0.2, 0.25) is 0 Å². The van der Waals surface area contributed by atoms with Crippen molar-refractivity contribution in [2.75, 3.05) is 0 Å². The van der Waals surface area contributed by atoms with Crippen molar-refractivity contribution in [2.24, 2.45) is 27.8 Å². The molecule has 1 saturated carbocycles. The minimum Gasteiger partial charge on any atom is -0.411 e. The molecule has 0 radical (unpaired) electrons. The van der Waals surface area contributed by atoms with Gasteiger partial charge in [-0.3, -0.25) is 0 Å². The number of nitrogens with zero attached hydrogens (tertiary/aromatic N) is 1. The molecule has 0 saturated heterocycles. The molecule has 1 N–H and O–H groups in total. The Morgan fingerprint density at radius 1 is 1.24 bits per heavy atom. The van der Waals surface area contributed by atoms with Gasteiger partial charge in [0.1, 0.15) is 0 Å². The normalized spacial score (nSPS) is 33.0. The van der Waals surface area contributed by atoms with E-state index in [1.807, 2.05) is 6.92 Å². The first kappa shape index (κ1) is 20.3. The van der Waals surface area contributed by atoms with Crippen molar-refractivity contribution in [3.8, 4) is 0 Å². The van der Waals surface area contributed by atoms with Gasteiger partial charge in [0, 0.05) is 0 Å². The number of hydrogen-bond donors (Lipinski definition) is 1. The van der Waals surface area contributed by atoms with Gasteiger partial charge in [-0.25, -0.2) is 0 Å². The molecule has 2 nitrogen and oxygen atoms in total. The van der Waals surface area contributed by atoms with Crippen LogP contribution >= 0.6 is 0 Å². The highest BCUT2D eigenvalue weighted by Gasteiger charge is 2.51. The average Bonchev–Trinajstić information content (AvgIpc) is 2.53. The predicted octanol–water partition coefficient (Wildman–Crippen LogP) is 7.14. The Bertz CT molecular complexity index is 554. The van der Waals surface area contributed by atoms with E-state index < -0.39 is 0 Å². The molecule has 2 unspecified atom stereocenters. The molecule has 2 aliphatic carbocycles. The van der Waals surface area contributed by atoms with Crippen molar-refractivity contribution in [2.45, 2.75) is 92.9 Å². The fraction of sp³-hybridized carbons (Fsp3) is 0.783. The Kier molecular flexibility index (Phi) is 6.56. The summed E-state index contributed by atoms with van der Waals surface area (Å²) in [7, 11) is 0. The minimum atomic E-state index is 0.473. The topological polar surface area (TPSA) is 32.6 Å². The summed E-state index contributed by atoms with van der Waals surface area (Å²) in [6.45, 7) is 14.1. The van der Waals surface area contributed by atoms with Crippen molar-refractivity contribution in [3.63, 3.8) is 0 Å². The summed E-state index contributed by atoms with van der Waals surface area (Å²) in [5, 5.41) is 12.0. The van der Waals surface area contributed by atoms with Crippen LogP contribution in [0, 0.1) is 22.7 Å². The lowest BCUT2D eigenvalue weighted by Crippen LogP contribution is -2.48. The molecule has 0 heterocycles. The highest BCUT2D eigenvalue weighted by molar-refractivity contribution is 5.81. The van der Waals surface area contributed by atoms with Crippen LogP contribution in [-0.2, 0) is 0 Å². The molecule has 0 spiro atoms. The van der Waals surface area contributed by atoms with Crippen LogP contribution in [0.15, 0.2) is 28.5 Å². The van der Waals surface area contributed by atoms with E-state index in [-0.39, 0.29) is 0 Å². The lowest BCUT2D eigenvalue weighted by Gasteiger charge is -2.57. The van der Waals surface area contributed by atoms with Crippen LogP contribution in [-0.4, -0.2) is 10.9 Å². The molecular weight excluding hydrogens is 306 g/mol. The highest BCUT2D eigenvalue weighted by Crippen LogP contribution is 2.60. The number of hydrogen-bond acceptors (Lipinski definition) is 2. The van der Waals surface area contributed by atoms with Crippen molar-refractivity contribution >= 4 is 5.71 Å². The van der Waals surface area contributed by atoms with Gasteiger partial charge in [0.15, 0.2) is 0 Å². The fourth-order valence-corrected chi connectivity index (χ4v) is 5.75. The SMILES string of the molecule is CC1=CCC2C(C)(C)CCC[C@]2(C)C1CC/C(C)=C/CC/C(C)=N/O. The molecule has 2 heteroatoms. The third-order valence-corrected chi connectivity index (χ3v) is 7.29. The number of fused-ring (bicyclic) bond motifs is 1. The Morgan fingerprint density at radius 3 is 2.64 bits per heavy atom. The molecule has 0 aliphatic heterocycles. The van der Waals surface area contributed by atoms with E-state index in [1.165, 1.54) is 44.1 Å². The van der Waals surface area contributed by atoms with E-state index >= 15 is 0 Å². The predicted molar refractivity (Wildman–Crippen MR) is 108 cm³/mol. The molecule has 0 aromatic rings. The summed E-state index contributed by atoms with van der Waals surface area (Å²) in [5.41, 5.74) is 4.89. The summed E-state index contributed by atoms with van der Waals surface area (Å²) < 4.78 is 0. The van der Waals surface area contributed by atoms with E-state index in [2.05, 4.69) is 51.9 Å². The molecule has 2 rings (SSSR count). The van der Waals surface area contributed by atoms with E-state index in [9.17, 15) is 0 Å². The summed E-state index contributed by atoms with van der Waals surface area (Å²) in [5.74, 6) is 1.56. The Labute approximate surface area is 155 Å². The Morgan fingerprint density at radius 2 is 1.96 bits per heavy atom. The molecule has 0 amide bonds. The summed E-state index contributed by atoms with van der Waals surface area (Å²) in [6.07, 6.45) is 14.6. The maximum absolute atomic E-state index is 8.74. The molecule has 3 atom stereocenters.